The van der Waals surface area contributed by atoms with Crippen LogP contribution in [0.15, 0.2) is 79.0 Å². The van der Waals surface area contributed by atoms with Crippen molar-refractivity contribution < 1.29 is 9.53 Å². The molecule has 144 valence electrons. The average molecular weight is 383 g/mol. The van der Waals surface area contributed by atoms with Gasteiger partial charge < -0.3 is 10.1 Å². The molecular weight excluding hydrogens is 362 g/mol. The number of carbonyl (C=O) groups is 1. The van der Waals surface area contributed by atoms with Gasteiger partial charge in [0.2, 0.25) is 5.91 Å². The van der Waals surface area contributed by atoms with Gasteiger partial charge >= 0.3 is 0 Å². The quantitative estimate of drug-likeness (QED) is 0.435. The van der Waals surface area contributed by atoms with Gasteiger partial charge in [-0.2, -0.15) is 5.26 Å². The molecule has 0 spiro atoms. The van der Waals surface area contributed by atoms with Crippen molar-refractivity contribution in [3.63, 3.8) is 0 Å². The fraction of sp³-hybridized carbons (Fsp3) is 0.125. The lowest BCUT2D eigenvalue weighted by molar-refractivity contribution is -0.111. The van der Waals surface area contributed by atoms with Gasteiger partial charge in [0.1, 0.15) is 0 Å². The van der Waals surface area contributed by atoms with Gasteiger partial charge in [-0.25, -0.2) is 4.98 Å². The molecule has 0 aliphatic rings. The number of nitriles is 1. The number of amides is 1. The van der Waals surface area contributed by atoms with Crippen molar-refractivity contribution in [2.45, 2.75) is 12.8 Å². The Hall–Kier alpha value is -3.91. The Labute approximate surface area is 170 Å². The van der Waals surface area contributed by atoms with Gasteiger partial charge in [0.05, 0.1) is 12.7 Å². The Morgan fingerprint density at radius 3 is 2.72 bits per heavy atom. The van der Waals surface area contributed by atoms with Crippen LogP contribution >= 0.6 is 0 Å². The van der Waals surface area contributed by atoms with E-state index < -0.39 is 0 Å². The molecule has 5 heteroatoms. The molecule has 0 radical (unpaired) electrons. The van der Waals surface area contributed by atoms with E-state index in [1.54, 1.807) is 24.4 Å². The van der Waals surface area contributed by atoms with Gasteiger partial charge in [0, 0.05) is 18.7 Å². The maximum Gasteiger partial charge on any atom is 0.249 e. The Morgan fingerprint density at radius 2 is 1.90 bits per heavy atom. The van der Waals surface area contributed by atoms with Crippen LogP contribution < -0.4 is 10.1 Å². The average Bonchev–Trinajstić information content (AvgIpc) is 2.77. The molecule has 0 saturated heterocycles. The highest BCUT2D eigenvalue weighted by atomic mass is 16.5. The Balaban J connectivity index is 1.64. The number of unbranched alkanes of at least 4 members (excludes halogenated alkanes) is 1. The second-order valence-electron chi connectivity index (χ2n) is 6.27. The summed E-state index contributed by atoms with van der Waals surface area (Å²) in [5.41, 5.74) is 3.14. The Morgan fingerprint density at radius 1 is 1.07 bits per heavy atom. The minimum Gasteiger partial charge on any atom is -0.490 e. The van der Waals surface area contributed by atoms with Crippen molar-refractivity contribution in [3.05, 3.63) is 84.6 Å². The zero-order valence-corrected chi connectivity index (χ0v) is 15.9. The molecule has 0 fully saturated rings. The van der Waals surface area contributed by atoms with Crippen LogP contribution in [0.4, 0.5) is 5.82 Å². The molecule has 0 aliphatic carbocycles. The lowest BCUT2D eigenvalue weighted by Crippen LogP contribution is -2.11. The number of rotatable bonds is 8. The Bertz CT molecular complexity index is 1020. The van der Waals surface area contributed by atoms with Crippen LogP contribution in [0, 0.1) is 11.3 Å². The fourth-order valence-corrected chi connectivity index (χ4v) is 2.72. The van der Waals surface area contributed by atoms with Crippen LogP contribution in [0.2, 0.25) is 0 Å². The number of pyridine rings is 1. The summed E-state index contributed by atoms with van der Waals surface area (Å²) in [6.07, 6.45) is 5.87. The van der Waals surface area contributed by atoms with Crippen molar-refractivity contribution >= 4 is 17.8 Å². The molecule has 0 bridgehead atoms. The summed E-state index contributed by atoms with van der Waals surface area (Å²) >= 11 is 0. The molecule has 3 aromatic rings. The first-order valence-corrected chi connectivity index (χ1v) is 9.35. The highest BCUT2D eigenvalue weighted by Crippen LogP contribution is 2.22. The number of benzene rings is 2. The third kappa shape index (κ3) is 6.05. The van der Waals surface area contributed by atoms with E-state index in [0.717, 1.165) is 16.7 Å². The SMILES string of the molecule is N#CCCCOc1cccnc1NC(=O)C=Cc1cccc(-c2ccccc2)c1. The van der Waals surface area contributed by atoms with E-state index in [-0.39, 0.29) is 5.91 Å². The minimum absolute atomic E-state index is 0.296. The smallest absolute Gasteiger partial charge is 0.249 e. The van der Waals surface area contributed by atoms with Gasteiger partial charge in [0.25, 0.3) is 0 Å². The van der Waals surface area contributed by atoms with Crippen molar-refractivity contribution in [2.75, 3.05) is 11.9 Å². The number of anilines is 1. The van der Waals surface area contributed by atoms with E-state index in [9.17, 15) is 4.79 Å². The summed E-state index contributed by atoms with van der Waals surface area (Å²) in [6, 6.07) is 23.6. The number of hydrogen-bond acceptors (Lipinski definition) is 4. The summed E-state index contributed by atoms with van der Waals surface area (Å²) in [4.78, 5) is 16.5. The molecule has 0 unspecified atom stereocenters. The number of ether oxygens (including phenoxy) is 1. The van der Waals surface area contributed by atoms with E-state index in [4.69, 9.17) is 10.00 Å². The largest absolute Gasteiger partial charge is 0.490 e. The summed E-state index contributed by atoms with van der Waals surface area (Å²) in [5, 5.41) is 11.3. The zero-order chi connectivity index (χ0) is 20.3. The number of aromatic nitrogens is 1. The third-order valence-corrected chi connectivity index (χ3v) is 4.12. The molecule has 1 aromatic heterocycles. The lowest BCUT2D eigenvalue weighted by atomic mass is 10.0. The third-order valence-electron chi connectivity index (χ3n) is 4.12. The zero-order valence-electron chi connectivity index (χ0n) is 15.9. The van der Waals surface area contributed by atoms with Crippen molar-refractivity contribution in [2.24, 2.45) is 0 Å². The molecule has 3 rings (SSSR count). The van der Waals surface area contributed by atoms with Crippen molar-refractivity contribution in [3.8, 4) is 22.9 Å². The van der Waals surface area contributed by atoms with Crippen LogP contribution in [0.25, 0.3) is 17.2 Å². The fourth-order valence-electron chi connectivity index (χ4n) is 2.72. The normalized spacial score (nSPS) is 10.4. The molecular formula is C24H21N3O2. The first kappa shape index (κ1) is 19.8. The van der Waals surface area contributed by atoms with Gasteiger partial charge in [-0.15, -0.1) is 0 Å². The van der Waals surface area contributed by atoms with E-state index in [2.05, 4.69) is 28.5 Å². The predicted octanol–water partition coefficient (Wildman–Crippen LogP) is 5.08. The molecule has 0 saturated carbocycles. The van der Waals surface area contributed by atoms with Gasteiger partial charge in [0.15, 0.2) is 11.6 Å². The number of nitrogens with one attached hydrogen (secondary N) is 1. The topological polar surface area (TPSA) is 75.0 Å². The summed E-state index contributed by atoms with van der Waals surface area (Å²) in [5.74, 6) is 0.547. The number of carbonyl (C=O) groups excluding carboxylic acids is 1. The first-order valence-electron chi connectivity index (χ1n) is 9.35. The number of hydrogen-bond donors (Lipinski definition) is 1. The summed E-state index contributed by atoms with van der Waals surface area (Å²) in [7, 11) is 0. The Kier molecular flexibility index (Phi) is 7.14. The van der Waals surface area contributed by atoms with Gasteiger partial charge in [-0.1, -0.05) is 48.5 Å². The second-order valence-corrected chi connectivity index (χ2v) is 6.27. The van der Waals surface area contributed by atoms with Crippen LogP contribution in [-0.2, 0) is 4.79 Å². The van der Waals surface area contributed by atoms with Gasteiger partial charge in [-0.05, 0) is 47.4 Å². The first-order chi connectivity index (χ1) is 14.3. The van der Waals surface area contributed by atoms with E-state index in [0.29, 0.717) is 31.0 Å². The molecule has 1 heterocycles. The van der Waals surface area contributed by atoms with E-state index in [1.807, 2.05) is 42.5 Å². The maximum atomic E-state index is 12.3. The van der Waals surface area contributed by atoms with Crippen LogP contribution in [0.5, 0.6) is 5.75 Å². The molecule has 0 aliphatic heterocycles. The minimum atomic E-state index is -0.296. The van der Waals surface area contributed by atoms with E-state index >= 15 is 0 Å². The summed E-state index contributed by atoms with van der Waals surface area (Å²) < 4.78 is 5.62. The lowest BCUT2D eigenvalue weighted by Gasteiger charge is -2.09. The molecule has 5 nitrogen and oxygen atoms in total. The van der Waals surface area contributed by atoms with Crippen LogP contribution in [0.1, 0.15) is 18.4 Å². The maximum absolute atomic E-state index is 12.3. The molecule has 29 heavy (non-hydrogen) atoms. The molecule has 2 aromatic carbocycles. The second kappa shape index (κ2) is 10.4. The van der Waals surface area contributed by atoms with E-state index in [1.165, 1.54) is 6.08 Å². The molecule has 0 atom stereocenters. The highest BCUT2D eigenvalue weighted by Gasteiger charge is 2.07. The standard InChI is InChI=1S/C24H21N3O2/c25-15-4-5-17-29-22-12-7-16-26-24(22)27-23(28)14-13-19-8-6-11-21(18-19)20-9-2-1-3-10-20/h1-3,6-14,16,18H,4-5,17H2,(H,26,27,28). The predicted molar refractivity (Wildman–Crippen MR) is 114 cm³/mol. The molecule has 1 N–H and O–H groups in total. The highest BCUT2D eigenvalue weighted by molar-refractivity contribution is 6.02. The number of nitrogens with zero attached hydrogens (tertiary/aromatic N) is 2. The van der Waals surface area contributed by atoms with Crippen LogP contribution in [-0.4, -0.2) is 17.5 Å². The van der Waals surface area contributed by atoms with Gasteiger partial charge in [-0.3, -0.25) is 4.79 Å². The monoisotopic (exact) mass is 383 g/mol. The van der Waals surface area contributed by atoms with Crippen molar-refractivity contribution in [1.29, 1.82) is 5.26 Å². The summed E-state index contributed by atoms with van der Waals surface area (Å²) in [6.45, 7) is 0.393. The van der Waals surface area contributed by atoms with Crippen molar-refractivity contribution in [1.82, 2.24) is 4.98 Å². The molecule has 1 amide bonds. The van der Waals surface area contributed by atoms with Crippen LogP contribution in [0.3, 0.4) is 0 Å².